The molecule has 0 amide bonds. The molecular formula is C21H21F2N5O3S. The van der Waals surface area contributed by atoms with Gasteiger partial charge in [0.15, 0.2) is 4.88 Å². The van der Waals surface area contributed by atoms with E-state index in [2.05, 4.69) is 15.2 Å². The van der Waals surface area contributed by atoms with E-state index < -0.39 is 12.5 Å². The maximum Gasteiger partial charge on any atom is 0.354 e. The SMILES string of the molecule is CCOC(=O)c1sc(-c2ccn3ncc(-c4c(C)nn(C(F)F)c4C)c3c2)nc1OCC. The number of carbonyl (C=O) groups is 1. The van der Waals surface area contributed by atoms with Crippen LogP contribution in [0.15, 0.2) is 24.5 Å². The van der Waals surface area contributed by atoms with Crippen molar-refractivity contribution in [2.45, 2.75) is 34.2 Å². The normalized spacial score (nSPS) is 11.5. The lowest BCUT2D eigenvalue weighted by atomic mass is 10.0. The molecule has 11 heteroatoms. The molecule has 4 aromatic heterocycles. The molecule has 0 spiro atoms. The van der Waals surface area contributed by atoms with Gasteiger partial charge in [0.25, 0.3) is 0 Å². The summed E-state index contributed by atoms with van der Waals surface area (Å²) < 4.78 is 39.6. The second kappa shape index (κ2) is 8.65. The molecule has 0 radical (unpaired) electrons. The first kappa shape index (κ1) is 21.9. The molecule has 0 N–H and O–H groups in total. The quantitative estimate of drug-likeness (QED) is 0.364. The molecule has 4 aromatic rings. The molecule has 0 bridgehead atoms. The Hall–Kier alpha value is -3.34. The topological polar surface area (TPSA) is 83.5 Å². The van der Waals surface area contributed by atoms with Crippen LogP contribution in [0.1, 0.15) is 41.5 Å². The van der Waals surface area contributed by atoms with Crippen LogP contribution in [-0.4, -0.2) is 43.6 Å². The summed E-state index contributed by atoms with van der Waals surface area (Å²) in [5.74, 6) is -0.263. The molecule has 4 rings (SSSR count). The lowest BCUT2D eigenvalue weighted by Gasteiger charge is -2.04. The third kappa shape index (κ3) is 3.72. The molecule has 32 heavy (non-hydrogen) atoms. The molecule has 0 unspecified atom stereocenters. The Morgan fingerprint density at radius 2 is 2.03 bits per heavy atom. The van der Waals surface area contributed by atoms with E-state index in [0.29, 0.717) is 49.2 Å². The predicted octanol–water partition coefficient (Wildman–Crippen LogP) is 4.91. The average Bonchev–Trinajstić information content (AvgIpc) is 3.44. The number of rotatable bonds is 7. The van der Waals surface area contributed by atoms with Crippen molar-refractivity contribution in [1.82, 2.24) is 24.4 Å². The Labute approximate surface area is 186 Å². The molecule has 0 aromatic carbocycles. The number of esters is 1. The van der Waals surface area contributed by atoms with Gasteiger partial charge in [0.1, 0.15) is 5.01 Å². The summed E-state index contributed by atoms with van der Waals surface area (Å²) in [6, 6.07) is 3.67. The van der Waals surface area contributed by atoms with E-state index in [1.54, 1.807) is 37.7 Å². The first-order valence-electron chi connectivity index (χ1n) is 9.98. The van der Waals surface area contributed by atoms with Crippen LogP contribution in [0.25, 0.3) is 27.2 Å². The number of aromatic nitrogens is 5. The summed E-state index contributed by atoms with van der Waals surface area (Å²) >= 11 is 1.17. The molecule has 0 aliphatic carbocycles. The monoisotopic (exact) mass is 461 g/mol. The number of halogens is 2. The van der Waals surface area contributed by atoms with E-state index in [1.807, 2.05) is 19.1 Å². The number of hydrogen-bond acceptors (Lipinski definition) is 7. The van der Waals surface area contributed by atoms with Crippen LogP contribution in [0.4, 0.5) is 8.78 Å². The van der Waals surface area contributed by atoms with Gasteiger partial charge in [-0.05, 0) is 39.8 Å². The van der Waals surface area contributed by atoms with Gasteiger partial charge in [-0.2, -0.15) is 19.0 Å². The van der Waals surface area contributed by atoms with E-state index in [-0.39, 0.29) is 12.5 Å². The Kier molecular flexibility index (Phi) is 5.92. The van der Waals surface area contributed by atoms with E-state index in [9.17, 15) is 13.6 Å². The number of thiazole rings is 1. The molecule has 0 fully saturated rings. The minimum atomic E-state index is -2.73. The van der Waals surface area contributed by atoms with E-state index >= 15 is 0 Å². The first-order valence-corrected chi connectivity index (χ1v) is 10.8. The summed E-state index contributed by atoms with van der Waals surface area (Å²) in [6.07, 6.45) is 3.38. The zero-order chi connectivity index (χ0) is 23.0. The zero-order valence-electron chi connectivity index (χ0n) is 17.9. The van der Waals surface area contributed by atoms with Crippen molar-refractivity contribution in [3.8, 4) is 27.6 Å². The highest BCUT2D eigenvalue weighted by molar-refractivity contribution is 7.17. The van der Waals surface area contributed by atoms with Crippen LogP contribution in [0.5, 0.6) is 5.88 Å². The van der Waals surface area contributed by atoms with Crippen LogP contribution in [-0.2, 0) is 4.74 Å². The minimum Gasteiger partial charge on any atom is -0.477 e. The summed E-state index contributed by atoms with van der Waals surface area (Å²) in [7, 11) is 0. The van der Waals surface area contributed by atoms with Crippen molar-refractivity contribution < 1.29 is 23.0 Å². The van der Waals surface area contributed by atoms with Crippen molar-refractivity contribution in [3.63, 3.8) is 0 Å². The van der Waals surface area contributed by atoms with Crippen molar-refractivity contribution in [3.05, 3.63) is 40.8 Å². The Balaban J connectivity index is 1.82. The molecule has 168 valence electrons. The van der Waals surface area contributed by atoms with E-state index in [1.165, 1.54) is 11.3 Å². The summed E-state index contributed by atoms with van der Waals surface area (Å²) in [4.78, 5) is 17.1. The van der Waals surface area contributed by atoms with Crippen molar-refractivity contribution >= 4 is 22.8 Å². The Morgan fingerprint density at radius 1 is 1.25 bits per heavy atom. The van der Waals surface area contributed by atoms with Crippen molar-refractivity contribution in [1.29, 1.82) is 0 Å². The number of aryl methyl sites for hydroxylation is 1. The first-order chi connectivity index (χ1) is 15.3. The van der Waals surface area contributed by atoms with Gasteiger partial charge in [-0.1, -0.05) is 0 Å². The van der Waals surface area contributed by atoms with Gasteiger partial charge in [-0.3, -0.25) is 0 Å². The lowest BCUT2D eigenvalue weighted by Crippen LogP contribution is -2.05. The van der Waals surface area contributed by atoms with Crippen LogP contribution in [0.2, 0.25) is 0 Å². The molecule has 0 saturated heterocycles. The maximum absolute atomic E-state index is 13.3. The van der Waals surface area contributed by atoms with E-state index in [4.69, 9.17) is 9.47 Å². The van der Waals surface area contributed by atoms with Crippen LogP contribution in [0, 0.1) is 13.8 Å². The number of ether oxygens (including phenoxy) is 2. The molecule has 0 aliphatic heterocycles. The number of nitrogens with zero attached hydrogens (tertiary/aromatic N) is 5. The smallest absolute Gasteiger partial charge is 0.354 e. The third-order valence-electron chi connectivity index (χ3n) is 4.89. The standard InChI is InChI=1S/C21H21F2N5O3S/c1-5-30-18-17(20(29)31-6-2)32-19(25-18)13-7-8-27-15(9-13)14(10-24-27)16-11(3)26-28(12(16)4)21(22)23/h7-10,21H,5-6H2,1-4H3. The number of carbonyl (C=O) groups excluding carboxylic acids is 1. The maximum atomic E-state index is 13.3. The molecule has 0 saturated carbocycles. The molecule has 0 atom stereocenters. The van der Waals surface area contributed by atoms with Crippen LogP contribution in [0.3, 0.4) is 0 Å². The van der Waals surface area contributed by atoms with Gasteiger partial charge in [0, 0.05) is 28.6 Å². The summed E-state index contributed by atoms with van der Waals surface area (Å²) in [6.45, 7) is 4.71. The second-order valence-corrected chi connectivity index (χ2v) is 7.88. The Morgan fingerprint density at radius 3 is 2.69 bits per heavy atom. The highest BCUT2D eigenvalue weighted by Gasteiger charge is 2.23. The fraction of sp³-hybridized carbons (Fsp3) is 0.333. The minimum absolute atomic E-state index is 0.226. The summed E-state index contributed by atoms with van der Waals surface area (Å²) in [5.41, 5.74) is 3.57. The Bertz CT molecular complexity index is 1290. The molecule has 8 nitrogen and oxygen atoms in total. The van der Waals surface area contributed by atoms with Crippen LogP contribution < -0.4 is 4.74 Å². The van der Waals surface area contributed by atoms with Crippen molar-refractivity contribution in [2.75, 3.05) is 13.2 Å². The third-order valence-corrected chi connectivity index (χ3v) is 5.95. The number of pyridine rings is 1. The molecule has 0 aliphatic rings. The number of fused-ring (bicyclic) bond motifs is 1. The molecular weight excluding hydrogens is 440 g/mol. The summed E-state index contributed by atoms with van der Waals surface area (Å²) in [5, 5.41) is 8.90. The van der Waals surface area contributed by atoms with Gasteiger partial charge in [0.05, 0.1) is 30.6 Å². The second-order valence-electron chi connectivity index (χ2n) is 6.88. The van der Waals surface area contributed by atoms with Gasteiger partial charge in [-0.15, -0.1) is 11.3 Å². The van der Waals surface area contributed by atoms with Crippen LogP contribution >= 0.6 is 11.3 Å². The fourth-order valence-electron chi connectivity index (χ4n) is 3.54. The fourth-order valence-corrected chi connectivity index (χ4v) is 4.44. The van der Waals surface area contributed by atoms with Crippen molar-refractivity contribution in [2.24, 2.45) is 0 Å². The largest absolute Gasteiger partial charge is 0.477 e. The van der Waals surface area contributed by atoms with Gasteiger partial charge in [0.2, 0.25) is 5.88 Å². The van der Waals surface area contributed by atoms with Gasteiger partial charge in [-0.25, -0.2) is 19.0 Å². The highest BCUT2D eigenvalue weighted by Crippen LogP contribution is 2.36. The van der Waals surface area contributed by atoms with Gasteiger partial charge < -0.3 is 9.47 Å². The van der Waals surface area contributed by atoms with E-state index in [0.717, 1.165) is 5.56 Å². The number of hydrogen-bond donors (Lipinski definition) is 0. The average molecular weight is 461 g/mol. The zero-order valence-corrected chi connectivity index (χ0v) is 18.7. The number of alkyl halides is 2. The van der Waals surface area contributed by atoms with Gasteiger partial charge >= 0.3 is 12.5 Å². The lowest BCUT2D eigenvalue weighted by molar-refractivity contribution is 0.0525. The molecule has 4 heterocycles. The predicted molar refractivity (Wildman–Crippen MR) is 115 cm³/mol. The highest BCUT2D eigenvalue weighted by atomic mass is 32.1.